The molecular weight excluding hydrogens is 557 g/mol. The third-order valence-electron chi connectivity index (χ3n) is 9.17. The fraction of sp³-hybridized carbons (Fsp3) is 0.621. The van der Waals surface area contributed by atoms with Crippen LogP contribution in [0.1, 0.15) is 69.7 Å². The summed E-state index contributed by atoms with van der Waals surface area (Å²) in [6.45, 7) is 9.86. The predicted molar refractivity (Wildman–Crippen MR) is 158 cm³/mol. The van der Waals surface area contributed by atoms with E-state index in [0.717, 1.165) is 63.1 Å². The van der Waals surface area contributed by atoms with Gasteiger partial charge in [-0.1, -0.05) is 40.9 Å². The van der Waals surface area contributed by atoms with Gasteiger partial charge in [0, 0.05) is 35.7 Å². The number of carboxylic acid groups (broad SMARTS) is 1. The van der Waals surface area contributed by atoms with Crippen molar-refractivity contribution in [1.29, 1.82) is 0 Å². The van der Waals surface area contributed by atoms with Crippen LogP contribution in [0.25, 0.3) is 0 Å². The van der Waals surface area contributed by atoms with Crippen molar-refractivity contribution in [2.75, 3.05) is 36.4 Å². The van der Waals surface area contributed by atoms with Crippen LogP contribution in [-0.2, 0) is 4.79 Å². The van der Waals surface area contributed by atoms with E-state index < -0.39 is 11.4 Å². The number of benzene rings is 1. The molecule has 2 atom stereocenters. The molecule has 3 fully saturated rings. The molecule has 3 aliphatic rings. The highest BCUT2D eigenvalue weighted by Gasteiger charge is 2.49. The van der Waals surface area contributed by atoms with Crippen molar-refractivity contribution in [2.24, 2.45) is 17.3 Å². The SMILES string of the molecule is Cc1nc(N2CCC([C@H]3CCCN([C@H]4C[C@](C)(C(=O)O)C4)C3)CC2)nc(N[C@H](C)c2ccc(Cl)cc2Cl)c1Cl. The normalized spacial score (nSPS) is 27.2. The van der Waals surface area contributed by atoms with Crippen molar-refractivity contribution < 1.29 is 9.90 Å². The maximum Gasteiger partial charge on any atom is 0.309 e. The quantitative estimate of drug-likeness (QED) is 0.354. The number of halogens is 3. The molecule has 1 aromatic carbocycles. The van der Waals surface area contributed by atoms with Crippen molar-refractivity contribution in [3.8, 4) is 0 Å². The lowest BCUT2D eigenvalue weighted by Gasteiger charge is -2.51. The smallest absolute Gasteiger partial charge is 0.309 e. The van der Waals surface area contributed by atoms with E-state index in [4.69, 9.17) is 44.8 Å². The monoisotopic (exact) mass is 593 g/mol. The van der Waals surface area contributed by atoms with E-state index in [2.05, 4.69) is 15.1 Å². The Morgan fingerprint density at radius 1 is 1.10 bits per heavy atom. The van der Waals surface area contributed by atoms with Gasteiger partial charge in [-0.25, -0.2) is 4.98 Å². The molecule has 7 nitrogen and oxygen atoms in total. The highest BCUT2D eigenvalue weighted by molar-refractivity contribution is 6.35. The Morgan fingerprint density at radius 2 is 1.82 bits per heavy atom. The highest BCUT2D eigenvalue weighted by atomic mass is 35.5. The second-order valence-electron chi connectivity index (χ2n) is 12.0. The molecule has 10 heteroatoms. The predicted octanol–water partition coefficient (Wildman–Crippen LogP) is 7.10. The number of aryl methyl sites for hydroxylation is 1. The first-order valence-electron chi connectivity index (χ1n) is 14.0. The number of hydrogen-bond donors (Lipinski definition) is 2. The third kappa shape index (κ3) is 6.12. The molecule has 5 rings (SSSR count). The van der Waals surface area contributed by atoms with Crippen molar-refractivity contribution in [1.82, 2.24) is 14.9 Å². The van der Waals surface area contributed by atoms with Crippen LogP contribution in [0.5, 0.6) is 0 Å². The lowest BCUT2D eigenvalue weighted by Crippen LogP contribution is -2.56. The molecule has 0 spiro atoms. The van der Waals surface area contributed by atoms with Gasteiger partial charge < -0.3 is 20.2 Å². The third-order valence-corrected chi connectivity index (χ3v) is 10.2. The molecular formula is C29H38Cl3N5O2. The number of nitrogens with one attached hydrogen (secondary N) is 1. The number of aromatic nitrogens is 2. The van der Waals surface area contributed by atoms with Gasteiger partial charge in [0.2, 0.25) is 5.95 Å². The van der Waals surface area contributed by atoms with Crippen LogP contribution in [0.2, 0.25) is 15.1 Å². The van der Waals surface area contributed by atoms with E-state index in [1.807, 2.05) is 32.9 Å². The molecule has 212 valence electrons. The molecule has 2 saturated heterocycles. The maximum atomic E-state index is 11.5. The van der Waals surface area contributed by atoms with Crippen molar-refractivity contribution in [3.63, 3.8) is 0 Å². The van der Waals surface area contributed by atoms with E-state index in [0.29, 0.717) is 44.7 Å². The summed E-state index contributed by atoms with van der Waals surface area (Å²) in [5.41, 5.74) is 1.14. The van der Waals surface area contributed by atoms with Crippen LogP contribution < -0.4 is 10.2 Å². The van der Waals surface area contributed by atoms with E-state index in [1.54, 1.807) is 6.07 Å². The minimum atomic E-state index is -0.652. The fourth-order valence-electron chi connectivity index (χ4n) is 6.66. The standard InChI is InChI=1S/C29H38Cl3N5O2/c1-17(23-7-6-21(30)13-24(23)31)33-26-25(32)18(2)34-28(35-26)36-11-8-19(9-12-36)20-5-4-10-37(16-20)22-14-29(3,15-22)27(38)39/h6-7,13,17,19-20,22H,4-5,8-12,14-16H2,1-3H3,(H,38,39)(H,33,34,35)/t17-,20+,22-,29-/m1/s1. The molecule has 1 saturated carbocycles. The van der Waals surface area contributed by atoms with Gasteiger partial charge in [-0.15, -0.1) is 0 Å². The first-order valence-corrected chi connectivity index (χ1v) is 15.2. The van der Waals surface area contributed by atoms with Gasteiger partial charge in [0.25, 0.3) is 0 Å². The second-order valence-corrected chi connectivity index (χ2v) is 13.2. The van der Waals surface area contributed by atoms with Crippen molar-refractivity contribution >= 4 is 52.5 Å². The number of piperidine rings is 2. The zero-order valence-corrected chi connectivity index (χ0v) is 25.2. The molecule has 0 bridgehead atoms. The van der Waals surface area contributed by atoms with E-state index in [9.17, 15) is 9.90 Å². The van der Waals surface area contributed by atoms with E-state index in [1.165, 1.54) is 12.8 Å². The van der Waals surface area contributed by atoms with Gasteiger partial charge in [0.15, 0.2) is 5.82 Å². The van der Waals surface area contributed by atoms with Gasteiger partial charge in [0.05, 0.1) is 17.2 Å². The molecule has 2 aliphatic heterocycles. The van der Waals surface area contributed by atoms with Crippen LogP contribution in [0.4, 0.5) is 11.8 Å². The first kappa shape index (κ1) is 28.7. The summed E-state index contributed by atoms with van der Waals surface area (Å²) < 4.78 is 0. The van der Waals surface area contributed by atoms with Gasteiger partial charge in [-0.05, 0) is 95.4 Å². The second kappa shape index (κ2) is 11.6. The Bertz CT molecular complexity index is 1210. The van der Waals surface area contributed by atoms with Gasteiger partial charge >= 0.3 is 5.97 Å². The van der Waals surface area contributed by atoms with Crippen molar-refractivity contribution in [2.45, 2.75) is 71.4 Å². The topological polar surface area (TPSA) is 81.6 Å². The number of aliphatic carboxylic acids is 1. The summed E-state index contributed by atoms with van der Waals surface area (Å²) in [7, 11) is 0. The summed E-state index contributed by atoms with van der Waals surface area (Å²) in [6.07, 6.45) is 6.25. The number of carboxylic acids is 1. The molecule has 2 N–H and O–H groups in total. The zero-order valence-electron chi connectivity index (χ0n) is 22.9. The average Bonchev–Trinajstić information content (AvgIpc) is 2.89. The number of anilines is 2. The Balaban J connectivity index is 1.20. The summed E-state index contributed by atoms with van der Waals surface area (Å²) in [6, 6.07) is 5.80. The first-order chi connectivity index (χ1) is 18.5. The number of carbonyl (C=O) groups is 1. The van der Waals surface area contributed by atoms with Gasteiger partial charge in [0.1, 0.15) is 5.02 Å². The maximum absolute atomic E-state index is 11.5. The van der Waals surface area contributed by atoms with E-state index in [-0.39, 0.29) is 6.04 Å². The largest absolute Gasteiger partial charge is 0.481 e. The Morgan fingerprint density at radius 3 is 2.49 bits per heavy atom. The number of hydrogen-bond acceptors (Lipinski definition) is 6. The molecule has 1 aliphatic carbocycles. The fourth-order valence-corrected chi connectivity index (χ4v) is 7.37. The molecule has 1 aromatic heterocycles. The summed E-state index contributed by atoms with van der Waals surface area (Å²) >= 11 is 19.1. The van der Waals surface area contributed by atoms with Crippen LogP contribution in [0.3, 0.4) is 0 Å². The summed E-state index contributed by atoms with van der Waals surface area (Å²) in [5.74, 6) is 2.01. The van der Waals surface area contributed by atoms with E-state index >= 15 is 0 Å². The summed E-state index contributed by atoms with van der Waals surface area (Å²) in [5, 5.41) is 14.6. The minimum absolute atomic E-state index is 0.113. The van der Waals surface area contributed by atoms with Gasteiger partial charge in [-0.2, -0.15) is 4.98 Å². The molecule has 0 unspecified atom stereocenters. The van der Waals surface area contributed by atoms with Crippen LogP contribution in [0.15, 0.2) is 18.2 Å². The number of rotatable bonds is 7. The number of likely N-dealkylation sites (tertiary alicyclic amines) is 1. The summed E-state index contributed by atoms with van der Waals surface area (Å²) in [4.78, 5) is 25.9. The Labute approximate surface area is 246 Å². The van der Waals surface area contributed by atoms with Crippen LogP contribution in [0, 0.1) is 24.2 Å². The lowest BCUT2D eigenvalue weighted by molar-refractivity contribution is -0.158. The molecule has 0 radical (unpaired) electrons. The van der Waals surface area contributed by atoms with Crippen molar-refractivity contribution in [3.05, 3.63) is 44.5 Å². The zero-order chi connectivity index (χ0) is 27.9. The minimum Gasteiger partial charge on any atom is -0.481 e. The molecule has 0 amide bonds. The molecule has 3 heterocycles. The number of nitrogens with zero attached hydrogens (tertiary/aromatic N) is 4. The highest BCUT2D eigenvalue weighted by Crippen LogP contribution is 2.45. The average molecular weight is 595 g/mol. The van der Waals surface area contributed by atoms with Crippen LogP contribution in [-0.4, -0.2) is 58.2 Å². The Kier molecular flexibility index (Phi) is 8.54. The lowest BCUT2D eigenvalue weighted by atomic mass is 9.65. The van der Waals surface area contributed by atoms with Crippen LogP contribution >= 0.6 is 34.8 Å². The van der Waals surface area contributed by atoms with Gasteiger partial charge in [-0.3, -0.25) is 4.79 Å². The molecule has 2 aromatic rings. The Hall–Kier alpha value is -1.80. The molecule has 39 heavy (non-hydrogen) atoms.